The summed E-state index contributed by atoms with van der Waals surface area (Å²) in [5.41, 5.74) is -1.46. The fraction of sp³-hybridized carbons (Fsp3) is 0.824. The van der Waals surface area contributed by atoms with Crippen LogP contribution in [0.2, 0.25) is 0 Å². The number of hydrogen-bond acceptors (Lipinski definition) is 6. The van der Waals surface area contributed by atoms with E-state index in [9.17, 15) is 9.90 Å². The standard InChI is InChI=1S/C17H27N3O4/c1-16(2,3)23-15(21)18-12-5-4-8-17(22,9-12)10-13-19-14(20-24-13)11-6-7-11/h11-12,22H,4-10H2,1-3H3,(H,18,21)/t12-,17-/m0/s1. The Morgan fingerprint density at radius 3 is 2.83 bits per heavy atom. The number of nitrogens with one attached hydrogen (secondary N) is 1. The Morgan fingerprint density at radius 1 is 1.42 bits per heavy atom. The molecule has 24 heavy (non-hydrogen) atoms. The fourth-order valence-electron chi connectivity index (χ4n) is 3.23. The Hall–Kier alpha value is -1.63. The number of amides is 1. The van der Waals surface area contributed by atoms with Gasteiger partial charge in [0.05, 0.1) is 12.0 Å². The first-order valence-electron chi connectivity index (χ1n) is 8.77. The number of hydrogen-bond donors (Lipinski definition) is 2. The number of rotatable bonds is 4. The van der Waals surface area contributed by atoms with Crippen molar-refractivity contribution in [2.24, 2.45) is 0 Å². The second kappa shape index (κ2) is 6.35. The Bertz CT molecular complexity index is 591. The van der Waals surface area contributed by atoms with Crippen molar-refractivity contribution in [2.75, 3.05) is 0 Å². The predicted octanol–water partition coefficient (Wildman–Crippen LogP) is 2.69. The number of alkyl carbamates (subject to hydrolysis) is 1. The third kappa shape index (κ3) is 4.69. The van der Waals surface area contributed by atoms with Crippen LogP contribution in [0.3, 0.4) is 0 Å². The molecule has 0 radical (unpaired) electrons. The second-order valence-electron chi connectivity index (χ2n) is 8.16. The van der Waals surface area contributed by atoms with E-state index in [1.54, 1.807) is 0 Å². The second-order valence-corrected chi connectivity index (χ2v) is 8.16. The fourth-order valence-corrected chi connectivity index (χ4v) is 3.23. The van der Waals surface area contributed by atoms with Crippen LogP contribution in [-0.4, -0.2) is 38.6 Å². The SMILES string of the molecule is CC(C)(C)OC(=O)N[C@H]1CCC[C@@](O)(Cc2nc(C3CC3)no2)C1. The molecule has 0 bridgehead atoms. The van der Waals surface area contributed by atoms with Crippen molar-refractivity contribution in [3.05, 3.63) is 11.7 Å². The maximum atomic E-state index is 11.9. The summed E-state index contributed by atoms with van der Waals surface area (Å²) in [7, 11) is 0. The summed E-state index contributed by atoms with van der Waals surface area (Å²) < 4.78 is 10.6. The van der Waals surface area contributed by atoms with E-state index in [1.165, 1.54) is 0 Å². The van der Waals surface area contributed by atoms with Gasteiger partial charge in [-0.2, -0.15) is 4.98 Å². The van der Waals surface area contributed by atoms with Gasteiger partial charge in [0, 0.05) is 12.0 Å². The molecular formula is C17H27N3O4. The first kappa shape index (κ1) is 17.2. The van der Waals surface area contributed by atoms with Gasteiger partial charge in [0.15, 0.2) is 5.82 Å². The molecule has 3 rings (SSSR count). The lowest BCUT2D eigenvalue weighted by Gasteiger charge is -2.36. The van der Waals surface area contributed by atoms with Gasteiger partial charge in [-0.1, -0.05) is 5.16 Å². The van der Waals surface area contributed by atoms with Crippen LogP contribution in [0.25, 0.3) is 0 Å². The molecule has 2 saturated carbocycles. The topological polar surface area (TPSA) is 97.5 Å². The van der Waals surface area contributed by atoms with E-state index in [-0.39, 0.29) is 6.04 Å². The molecule has 1 aromatic heterocycles. The van der Waals surface area contributed by atoms with Crippen LogP contribution in [0.4, 0.5) is 4.79 Å². The molecule has 7 nitrogen and oxygen atoms in total. The molecule has 7 heteroatoms. The number of ether oxygens (including phenoxy) is 1. The Labute approximate surface area is 142 Å². The van der Waals surface area contributed by atoms with Gasteiger partial charge in [0.25, 0.3) is 0 Å². The van der Waals surface area contributed by atoms with Crippen LogP contribution in [0.15, 0.2) is 4.52 Å². The molecule has 0 unspecified atom stereocenters. The molecule has 0 aromatic carbocycles. The number of nitrogens with zero attached hydrogens (tertiary/aromatic N) is 2. The lowest BCUT2D eigenvalue weighted by Crippen LogP contribution is -2.48. The zero-order chi connectivity index (χ0) is 17.4. The lowest BCUT2D eigenvalue weighted by atomic mass is 9.79. The molecule has 0 aliphatic heterocycles. The molecule has 2 aliphatic rings. The van der Waals surface area contributed by atoms with E-state index in [2.05, 4.69) is 15.5 Å². The van der Waals surface area contributed by atoms with E-state index in [0.29, 0.717) is 31.1 Å². The molecule has 0 spiro atoms. The summed E-state index contributed by atoms with van der Waals surface area (Å²) in [5, 5.41) is 17.7. The van der Waals surface area contributed by atoms with Crippen molar-refractivity contribution >= 4 is 6.09 Å². The molecule has 2 aliphatic carbocycles. The highest BCUT2D eigenvalue weighted by atomic mass is 16.6. The molecule has 2 atom stereocenters. The Kier molecular flexibility index (Phi) is 4.55. The summed E-state index contributed by atoms with van der Waals surface area (Å²) in [5.74, 6) is 1.68. The van der Waals surface area contributed by atoms with Crippen LogP contribution in [0.1, 0.15) is 76.9 Å². The Balaban J connectivity index is 1.55. The van der Waals surface area contributed by atoms with E-state index >= 15 is 0 Å². The van der Waals surface area contributed by atoms with E-state index < -0.39 is 17.3 Å². The zero-order valence-electron chi connectivity index (χ0n) is 14.7. The first-order valence-corrected chi connectivity index (χ1v) is 8.77. The average molecular weight is 337 g/mol. The van der Waals surface area contributed by atoms with Crippen molar-refractivity contribution in [3.63, 3.8) is 0 Å². The largest absolute Gasteiger partial charge is 0.444 e. The molecule has 1 amide bonds. The maximum Gasteiger partial charge on any atom is 0.407 e. The van der Waals surface area contributed by atoms with Crippen LogP contribution < -0.4 is 5.32 Å². The summed E-state index contributed by atoms with van der Waals surface area (Å²) in [6.07, 6.45) is 4.92. The highest BCUT2D eigenvalue weighted by Gasteiger charge is 2.38. The number of carbonyl (C=O) groups is 1. The van der Waals surface area contributed by atoms with Crippen molar-refractivity contribution in [2.45, 2.75) is 88.9 Å². The average Bonchev–Trinajstić information content (AvgIpc) is 3.17. The summed E-state index contributed by atoms with van der Waals surface area (Å²) >= 11 is 0. The van der Waals surface area contributed by atoms with Crippen LogP contribution in [0.5, 0.6) is 0 Å². The normalized spacial score (nSPS) is 27.8. The highest BCUT2D eigenvalue weighted by Crippen LogP contribution is 2.38. The molecule has 134 valence electrons. The minimum absolute atomic E-state index is 0.107. The predicted molar refractivity (Wildman–Crippen MR) is 86.6 cm³/mol. The summed E-state index contributed by atoms with van der Waals surface area (Å²) in [4.78, 5) is 16.3. The molecule has 0 saturated heterocycles. The van der Waals surface area contributed by atoms with Crippen molar-refractivity contribution in [1.29, 1.82) is 0 Å². The van der Waals surface area contributed by atoms with Gasteiger partial charge < -0.3 is 19.7 Å². The zero-order valence-corrected chi connectivity index (χ0v) is 14.7. The minimum atomic E-state index is -0.925. The van der Waals surface area contributed by atoms with E-state index in [0.717, 1.165) is 31.5 Å². The van der Waals surface area contributed by atoms with Crippen molar-refractivity contribution in [3.8, 4) is 0 Å². The third-order valence-electron chi connectivity index (χ3n) is 4.45. The minimum Gasteiger partial charge on any atom is -0.444 e. The van der Waals surface area contributed by atoms with Crippen LogP contribution >= 0.6 is 0 Å². The van der Waals surface area contributed by atoms with Gasteiger partial charge in [-0.3, -0.25) is 0 Å². The number of aromatic nitrogens is 2. The smallest absolute Gasteiger partial charge is 0.407 e. The van der Waals surface area contributed by atoms with Crippen LogP contribution in [-0.2, 0) is 11.2 Å². The lowest BCUT2D eigenvalue weighted by molar-refractivity contribution is -0.0149. The first-order chi connectivity index (χ1) is 11.2. The van der Waals surface area contributed by atoms with Gasteiger partial charge in [-0.25, -0.2) is 4.79 Å². The third-order valence-corrected chi connectivity index (χ3v) is 4.45. The quantitative estimate of drug-likeness (QED) is 0.876. The van der Waals surface area contributed by atoms with Gasteiger partial charge in [-0.05, 0) is 59.3 Å². The highest BCUT2D eigenvalue weighted by molar-refractivity contribution is 5.68. The molecular weight excluding hydrogens is 310 g/mol. The molecule has 1 heterocycles. The van der Waals surface area contributed by atoms with Gasteiger partial charge in [0.1, 0.15) is 5.60 Å². The van der Waals surface area contributed by atoms with E-state index in [1.807, 2.05) is 20.8 Å². The maximum absolute atomic E-state index is 11.9. The van der Waals surface area contributed by atoms with Gasteiger partial charge >= 0.3 is 6.09 Å². The number of carbonyl (C=O) groups excluding carboxylic acids is 1. The van der Waals surface area contributed by atoms with Crippen molar-refractivity contribution < 1.29 is 19.2 Å². The van der Waals surface area contributed by atoms with Gasteiger partial charge in [-0.15, -0.1) is 0 Å². The number of aliphatic hydroxyl groups is 1. The van der Waals surface area contributed by atoms with Gasteiger partial charge in [0.2, 0.25) is 5.89 Å². The molecule has 1 aromatic rings. The van der Waals surface area contributed by atoms with E-state index in [4.69, 9.17) is 9.26 Å². The monoisotopic (exact) mass is 337 g/mol. The summed E-state index contributed by atoms with van der Waals surface area (Å²) in [6.45, 7) is 5.49. The molecule has 2 fully saturated rings. The molecule has 2 N–H and O–H groups in total. The van der Waals surface area contributed by atoms with Crippen LogP contribution in [0, 0.1) is 0 Å². The van der Waals surface area contributed by atoms with Crippen molar-refractivity contribution in [1.82, 2.24) is 15.5 Å². The summed E-state index contributed by atoms with van der Waals surface area (Å²) in [6, 6.07) is -0.107. The Morgan fingerprint density at radius 2 is 2.17 bits per heavy atom.